The molecule has 0 atom stereocenters. The van der Waals surface area contributed by atoms with Crippen LogP contribution in [0, 0.1) is 0 Å². The monoisotopic (exact) mass is 305 g/mol. The van der Waals surface area contributed by atoms with Crippen LogP contribution in [0.5, 0.6) is 0 Å². The molecule has 6 nitrogen and oxygen atoms in total. The molecular weight excluding hydrogens is 282 g/mol. The number of rotatable bonds is 4. The normalized spacial score (nSPS) is 15.0. The Morgan fingerprint density at radius 3 is 2.23 bits per heavy atom. The predicted molar refractivity (Wildman–Crippen MR) is 83.3 cm³/mol. The minimum atomic E-state index is -0.316. The maximum Gasteiger partial charge on any atom is 0.410 e. The topological polar surface area (TPSA) is 53.1 Å². The number of amides is 2. The third-order valence-electron chi connectivity index (χ3n) is 3.55. The van der Waals surface area contributed by atoms with Gasteiger partial charge in [-0.05, 0) is 19.7 Å². The van der Waals surface area contributed by atoms with Crippen LogP contribution in [0.4, 0.5) is 4.79 Å². The molecule has 0 radical (unpaired) electrons. The van der Waals surface area contributed by atoms with Gasteiger partial charge >= 0.3 is 6.09 Å². The summed E-state index contributed by atoms with van der Waals surface area (Å²) in [5.41, 5.74) is 0.968. The zero-order valence-electron chi connectivity index (χ0n) is 13.2. The molecule has 0 unspecified atom stereocenters. The van der Waals surface area contributed by atoms with Crippen LogP contribution in [0.3, 0.4) is 0 Å². The summed E-state index contributed by atoms with van der Waals surface area (Å²) in [6, 6.07) is 9.60. The minimum Gasteiger partial charge on any atom is -0.445 e. The number of piperazine rings is 1. The van der Waals surface area contributed by atoms with E-state index in [0.717, 1.165) is 5.56 Å². The largest absolute Gasteiger partial charge is 0.445 e. The van der Waals surface area contributed by atoms with Crippen molar-refractivity contribution in [2.75, 3.05) is 46.8 Å². The molecular formula is C16H23N3O3. The highest BCUT2D eigenvalue weighted by Crippen LogP contribution is 2.07. The van der Waals surface area contributed by atoms with Gasteiger partial charge in [0.15, 0.2) is 0 Å². The third kappa shape index (κ3) is 4.73. The Kier molecular flexibility index (Phi) is 5.77. The quantitative estimate of drug-likeness (QED) is 0.834. The summed E-state index contributed by atoms with van der Waals surface area (Å²) in [4.78, 5) is 29.3. The number of carbonyl (C=O) groups is 2. The standard InChI is InChI=1S/C16H23N3O3/c1-17(2)12-15(20)18-8-10-19(11-9-18)16(21)22-13-14-6-4-3-5-7-14/h3-7H,8-13H2,1-2H3. The number of benzene rings is 1. The molecule has 1 aliphatic rings. The van der Waals surface area contributed by atoms with Crippen LogP contribution in [-0.2, 0) is 16.1 Å². The van der Waals surface area contributed by atoms with E-state index in [1.165, 1.54) is 0 Å². The van der Waals surface area contributed by atoms with Crippen molar-refractivity contribution in [3.63, 3.8) is 0 Å². The molecule has 0 bridgehead atoms. The first-order chi connectivity index (χ1) is 10.6. The summed E-state index contributed by atoms with van der Waals surface area (Å²) >= 11 is 0. The van der Waals surface area contributed by atoms with E-state index in [2.05, 4.69) is 0 Å². The summed E-state index contributed by atoms with van der Waals surface area (Å²) in [6.07, 6.45) is -0.316. The second kappa shape index (κ2) is 7.79. The summed E-state index contributed by atoms with van der Waals surface area (Å²) < 4.78 is 5.30. The van der Waals surface area contributed by atoms with Gasteiger partial charge in [-0.15, -0.1) is 0 Å². The van der Waals surface area contributed by atoms with Crippen molar-refractivity contribution in [3.05, 3.63) is 35.9 Å². The Hall–Kier alpha value is -2.08. The molecule has 1 aliphatic heterocycles. The lowest BCUT2D eigenvalue weighted by Crippen LogP contribution is -2.52. The van der Waals surface area contributed by atoms with E-state index in [9.17, 15) is 9.59 Å². The molecule has 1 aromatic carbocycles. The first kappa shape index (κ1) is 16.3. The highest BCUT2D eigenvalue weighted by atomic mass is 16.6. The number of carbonyl (C=O) groups excluding carboxylic acids is 2. The van der Waals surface area contributed by atoms with Crippen LogP contribution < -0.4 is 0 Å². The molecule has 1 saturated heterocycles. The third-order valence-corrected chi connectivity index (χ3v) is 3.55. The van der Waals surface area contributed by atoms with Gasteiger partial charge in [0.05, 0.1) is 6.54 Å². The van der Waals surface area contributed by atoms with Crippen molar-refractivity contribution in [2.45, 2.75) is 6.61 Å². The van der Waals surface area contributed by atoms with Gasteiger partial charge in [-0.25, -0.2) is 4.79 Å². The molecule has 22 heavy (non-hydrogen) atoms. The first-order valence-electron chi connectivity index (χ1n) is 7.44. The van der Waals surface area contributed by atoms with Gasteiger partial charge in [-0.1, -0.05) is 30.3 Å². The fraction of sp³-hybridized carbons (Fsp3) is 0.500. The maximum absolute atomic E-state index is 12.0. The zero-order chi connectivity index (χ0) is 15.9. The fourth-order valence-electron chi connectivity index (χ4n) is 2.32. The van der Waals surface area contributed by atoms with Crippen LogP contribution >= 0.6 is 0 Å². The van der Waals surface area contributed by atoms with Crippen LogP contribution in [0.25, 0.3) is 0 Å². The van der Waals surface area contributed by atoms with Gasteiger partial charge in [0.2, 0.25) is 5.91 Å². The van der Waals surface area contributed by atoms with Crippen LogP contribution in [0.2, 0.25) is 0 Å². The van der Waals surface area contributed by atoms with Gasteiger partial charge in [0.1, 0.15) is 6.61 Å². The van der Waals surface area contributed by atoms with Crippen LogP contribution in [0.1, 0.15) is 5.56 Å². The van der Waals surface area contributed by atoms with Gasteiger partial charge in [-0.2, -0.15) is 0 Å². The lowest BCUT2D eigenvalue weighted by molar-refractivity contribution is -0.133. The SMILES string of the molecule is CN(C)CC(=O)N1CCN(C(=O)OCc2ccccc2)CC1. The number of hydrogen-bond acceptors (Lipinski definition) is 4. The molecule has 1 aromatic rings. The smallest absolute Gasteiger partial charge is 0.410 e. The molecule has 1 fully saturated rings. The highest BCUT2D eigenvalue weighted by molar-refractivity contribution is 5.78. The van der Waals surface area contributed by atoms with Gasteiger partial charge < -0.3 is 19.4 Å². The molecule has 0 spiro atoms. The van der Waals surface area contributed by atoms with E-state index in [1.807, 2.05) is 49.3 Å². The molecule has 0 aromatic heterocycles. The average Bonchev–Trinajstić information content (AvgIpc) is 2.53. The van der Waals surface area contributed by atoms with E-state index in [0.29, 0.717) is 32.7 Å². The average molecular weight is 305 g/mol. The second-order valence-electron chi connectivity index (χ2n) is 5.65. The molecule has 0 N–H and O–H groups in total. The molecule has 0 aliphatic carbocycles. The summed E-state index contributed by atoms with van der Waals surface area (Å²) in [5, 5.41) is 0. The lowest BCUT2D eigenvalue weighted by Gasteiger charge is -2.34. The minimum absolute atomic E-state index is 0.0994. The number of ether oxygens (including phenoxy) is 1. The van der Waals surface area contributed by atoms with Crippen molar-refractivity contribution in [2.24, 2.45) is 0 Å². The first-order valence-corrected chi connectivity index (χ1v) is 7.44. The van der Waals surface area contributed by atoms with E-state index in [1.54, 1.807) is 9.80 Å². The fourth-order valence-corrected chi connectivity index (χ4v) is 2.32. The zero-order valence-corrected chi connectivity index (χ0v) is 13.2. The number of nitrogens with zero attached hydrogens (tertiary/aromatic N) is 3. The Morgan fingerprint density at radius 1 is 1.05 bits per heavy atom. The molecule has 2 rings (SSSR count). The Labute approximate surface area is 131 Å². The molecule has 2 amide bonds. The van der Waals surface area contributed by atoms with Crippen LogP contribution in [0.15, 0.2) is 30.3 Å². The van der Waals surface area contributed by atoms with Gasteiger partial charge in [0.25, 0.3) is 0 Å². The van der Waals surface area contributed by atoms with Crippen molar-refractivity contribution < 1.29 is 14.3 Å². The van der Waals surface area contributed by atoms with Gasteiger partial charge in [0, 0.05) is 26.2 Å². The van der Waals surface area contributed by atoms with E-state index in [4.69, 9.17) is 4.74 Å². The lowest BCUT2D eigenvalue weighted by atomic mass is 10.2. The van der Waals surface area contributed by atoms with Crippen molar-refractivity contribution in [1.82, 2.24) is 14.7 Å². The molecule has 120 valence electrons. The van der Waals surface area contributed by atoms with Crippen LogP contribution in [-0.4, -0.2) is 73.5 Å². The van der Waals surface area contributed by atoms with E-state index in [-0.39, 0.29) is 18.6 Å². The Morgan fingerprint density at radius 2 is 1.64 bits per heavy atom. The number of hydrogen-bond donors (Lipinski definition) is 0. The Balaban J connectivity index is 1.74. The molecule has 6 heteroatoms. The summed E-state index contributed by atoms with van der Waals surface area (Å²) in [6.45, 7) is 2.84. The van der Waals surface area contributed by atoms with Crippen molar-refractivity contribution >= 4 is 12.0 Å². The summed E-state index contributed by atoms with van der Waals surface area (Å²) in [5.74, 6) is 0.0994. The maximum atomic E-state index is 12.0. The highest BCUT2D eigenvalue weighted by Gasteiger charge is 2.24. The van der Waals surface area contributed by atoms with Crippen molar-refractivity contribution in [1.29, 1.82) is 0 Å². The Bertz CT molecular complexity index is 497. The van der Waals surface area contributed by atoms with E-state index >= 15 is 0 Å². The number of likely N-dealkylation sites (N-methyl/N-ethyl adjacent to an activating group) is 1. The van der Waals surface area contributed by atoms with Crippen molar-refractivity contribution in [3.8, 4) is 0 Å². The van der Waals surface area contributed by atoms with Gasteiger partial charge in [-0.3, -0.25) is 4.79 Å². The molecule has 1 heterocycles. The predicted octanol–water partition coefficient (Wildman–Crippen LogP) is 1.03. The molecule has 0 saturated carbocycles. The second-order valence-corrected chi connectivity index (χ2v) is 5.65. The summed E-state index contributed by atoms with van der Waals surface area (Å²) in [7, 11) is 3.74. The van der Waals surface area contributed by atoms with E-state index < -0.39 is 0 Å².